The number of hydrogen-bond acceptors (Lipinski definition) is 5. The first-order valence-corrected chi connectivity index (χ1v) is 4.88. The molecule has 0 heterocycles. The first-order valence-electron chi connectivity index (χ1n) is 4.12. The molecule has 0 atom stereocenters. The molecule has 0 aromatic heterocycles. The van der Waals surface area contributed by atoms with E-state index < -0.39 is 4.70 Å². The number of aliphatic imine (C=N–C) groups is 2. The van der Waals surface area contributed by atoms with E-state index in [-0.39, 0.29) is 0 Å². The molecule has 0 amide bonds. The first kappa shape index (κ1) is 15.2. The molecular weight excluding hydrogens is 267 g/mol. The van der Waals surface area contributed by atoms with Gasteiger partial charge < -0.3 is 0 Å². The maximum atomic E-state index is 10.00. The van der Waals surface area contributed by atoms with E-state index in [2.05, 4.69) is 33.2 Å². The Morgan fingerprint density at radius 1 is 1.18 bits per heavy atom. The molecule has 0 aliphatic carbocycles. The van der Waals surface area contributed by atoms with Gasteiger partial charge >= 0.3 is 4.70 Å². The average Bonchev–Trinajstić information content (AvgIpc) is 2.23. The van der Waals surface area contributed by atoms with Crippen molar-refractivity contribution in [1.82, 2.24) is 0 Å². The Labute approximate surface area is 107 Å². The van der Waals surface area contributed by atoms with Gasteiger partial charge in [0, 0.05) is 0 Å². The van der Waals surface area contributed by atoms with E-state index in [1.807, 2.05) is 0 Å². The van der Waals surface area contributed by atoms with E-state index in [4.69, 9.17) is 4.79 Å². The molecule has 0 bridgehead atoms. The van der Waals surface area contributed by atoms with Crippen LogP contribution in [0.2, 0.25) is 0 Å². The predicted molar refractivity (Wildman–Crippen MR) is 63.8 cm³/mol. The van der Waals surface area contributed by atoms with Gasteiger partial charge in [-0.15, -0.1) is 0 Å². The lowest BCUT2D eigenvalue weighted by Gasteiger charge is -1.97. The number of hydrogen-bond donors (Lipinski definition) is 0. The zero-order valence-corrected chi connectivity index (χ0v) is 10.1. The summed E-state index contributed by atoms with van der Waals surface area (Å²) >= 11 is 8.80. The number of benzene rings is 1. The zero-order chi connectivity index (χ0) is 13.3. The van der Waals surface area contributed by atoms with Crippen LogP contribution in [-0.4, -0.2) is 16.9 Å². The standard InChI is InChI=1S/C9H6N2O2.CCl2O/c1-7-2-3-8(10-5-12)4-9(7)11-6-13;2-1(3)4/h2-4H,1H3;. The van der Waals surface area contributed by atoms with Crippen molar-refractivity contribution in [3.05, 3.63) is 23.8 Å². The van der Waals surface area contributed by atoms with Crippen molar-refractivity contribution >= 4 is 51.4 Å². The SMILES string of the molecule is Cc1ccc(N=C=O)cc1N=C=O.O=C(Cl)Cl. The second-order valence-electron chi connectivity index (χ2n) is 2.60. The van der Waals surface area contributed by atoms with E-state index in [1.165, 1.54) is 18.2 Å². The number of carbonyl (C=O) groups excluding carboxylic acids is 3. The van der Waals surface area contributed by atoms with Crippen molar-refractivity contribution in [3.63, 3.8) is 0 Å². The molecule has 0 radical (unpaired) electrons. The molecule has 0 aliphatic rings. The van der Waals surface area contributed by atoms with Gasteiger partial charge in [0.2, 0.25) is 12.2 Å². The molecule has 7 heteroatoms. The lowest BCUT2D eigenvalue weighted by molar-refractivity contribution is 0.275. The summed E-state index contributed by atoms with van der Waals surface area (Å²) in [5.41, 5.74) is 1.72. The van der Waals surface area contributed by atoms with Crippen molar-refractivity contribution in [2.75, 3.05) is 0 Å². The Morgan fingerprint density at radius 3 is 2.18 bits per heavy atom. The third-order valence-corrected chi connectivity index (χ3v) is 1.53. The van der Waals surface area contributed by atoms with Crippen LogP contribution in [0.15, 0.2) is 28.2 Å². The number of carbonyl (C=O) groups is 1. The molecule has 1 rings (SSSR count). The minimum absolute atomic E-state index is 0.426. The summed E-state index contributed by atoms with van der Waals surface area (Å²) in [6, 6.07) is 4.88. The van der Waals surface area contributed by atoms with Crippen LogP contribution in [0.5, 0.6) is 0 Å². The molecule has 0 fully saturated rings. The quantitative estimate of drug-likeness (QED) is 0.470. The fourth-order valence-electron chi connectivity index (χ4n) is 0.890. The van der Waals surface area contributed by atoms with Gasteiger partial charge in [-0.1, -0.05) is 6.07 Å². The van der Waals surface area contributed by atoms with Crippen LogP contribution in [0.3, 0.4) is 0 Å². The summed E-state index contributed by atoms with van der Waals surface area (Å²) in [5, 5.41) is 0. The summed E-state index contributed by atoms with van der Waals surface area (Å²) in [6.45, 7) is 1.80. The maximum absolute atomic E-state index is 10.00. The first-order chi connectivity index (χ1) is 8.01. The van der Waals surface area contributed by atoms with Crippen molar-refractivity contribution in [2.45, 2.75) is 6.92 Å². The summed E-state index contributed by atoms with van der Waals surface area (Å²) in [4.78, 5) is 35.7. The molecule has 1 aromatic rings. The fourth-order valence-corrected chi connectivity index (χ4v) is 0.890. The summed E-state index contributed by atoms with van der Waals surface area (Å²) in [6.07, 6.45) is 2.84. The van der Waals surface area contributed by atoms with Crippen molar-refractivity contribution in [3.8, 4) is 0 Å². The minimum Gasteiger partial charge on any atom is -0.262 e. The highest BCUT2D eigenvalue weighted by Crippen LogP contribution is 2.23. The van der Waals surface area contributed by atoms with Gasteiger partial charge in [0.15, 0.2) is 0 Å². The topological polar surface area (TPSA) is 75.9 Å². The number of isocyanates is 2. The van der Waals surface area contributed by atoms with Gasteiger partial charge in [-0.3, -0.25) is 4.79 Å². The second-order valence-corrected chi connectivity index (χ2v) is 3.48. The number of aryl methyl sites for hydroxylation is 1. The monoisotopic (exact) mass is 272 g/mol. The van der Waals surface area contributed by atoms with E-state index in [9.17, 15) is 9.59 Å². The van der Waals surface area contributed by atoms with E-state index >= 15 is 0 Å². The Balaban J connectivity index is 0.000000557. The van der Waals surface area contributed by atoms with Gasteiger partial charge in [0.1, 0.15) is 0 Å². The average molecular weight is 273 g/mol. The summed E-state index contributed by atoms with van der Waals surface area (Å²) in [7, 11) is 0. The molecule has 0 N–H and O–H groups in total. The molecule has 0 unspecified atom stereocenters. The van der Waals surface area contributed by atoms with Crippen LogP contribution in [0, 0.1) is 6.92 Å². The molecule has 1 aromatic carbocycles. The molecule has 5 nitrogen and oxygen atoms in total. The lowest BCUT2D eigenvalue weighted by Crippen LogP contribution is -1.73. The third-order valence-electron chi connectivity index (χ3n) is 1.53. The van der Waals surface area contributed by atoms with Gasteiger partial charge in [-0.25, -0.2) is 9.59 Å². The van der Waals surface area contributed by atoms with E-state index in [0.29, 0.717) is 11.4 Å². The van der Waals surface area contributed by atoms with Crippen LogP contribution >= 0.6 is 23.2 Å². The molecule has 17 heavy (non-hydrogen) atoms. The number of halogens is 2. The highest BCUT2D eigenvalue weighted by molar-refractivity contribution is 6.93. The van der Waals surface area contributed by atoms with Gasteiger partial charge in [0.25, 0.3) is 0 Å². The Hall–Kier alpha value is -1.77. The second kappa shape index (κ2) is 8.39. The smallest absolute Gasteiger partial charge is 0.262 e. The number of rotatable bonds is 2. The fraction of sp³-hybridized carbons (Fsp3) is 0.100. The molecule has 0 spiro atoms. The van der Waals surface area contributed by atoms with Crippen LogP contribution < -0.4 is 0 Å². The van der Waals surface area contributed by atoms with Gasteiger partial charge in [-0.2, -0.15) is 9.98 Å². The largest absolute Gasteiger partial charge is 0.313 e. The summed E-state index contributed by atoms with van der Waals surface area (Å²) < 4.78 is -0.889. The summed E-state index contributed by atoms with van der Waals surface area (Å²) in [5.74, 6) is 0. The Bertz CT molecular complexity index is 500. The highest BCUT2D eigenvalue weighted by Gasteiger charge is 1.97. The zero-order valence-electron chi connectivity index (χ0n) is 8.61. The van der Waals surface area contributed by atoms with E-state index in [1.54, 1.807) is 19.1 Å². The number of nitrogens with zero attached hydrogens (tertiary/aromatic N) is 2. The normalized spacial score (nSPS) is 7.94. The Morgan fingerprint density at radius 2 is 1.71 bits per heavy atom. The molecule has 0 saturated heterocycles. The van der Waals surface area contributed by atoms with Crippen molar-refractivity contribution < 1.29 is 14.4 Å². The minimum atomic E-state index is -0.889. The maximum Gasteiger partial charge on any atom is 0.313 e. The predicted octanol–water partition coefficient (Wildman–Crippen LogP) is 3.51. The van der Waals surface area contributed by atoms with Crippen LogP contribution in [0.1, 0.15) is 5.56 Å². The molecule has 0 aliphatic heterocycles. The van der Waals surface area contributed by atoms with Gasteiger partial charge in [0.05, 0.1) is 11.4 Å². The van der Waals surface area contributed by atoms with E-state index in [0.717, 1.165) is 5.56 Å². The molecule has 0 saturated carbocycles. The lowest BCUT2D eigenvalue weighted by atomic mass is 10.2. The molecular formula is C10H6Cl2N2O3. The van der Waals surface area contributed by atoms with Gasteiger partial charge in [-0.05, 0) is 47.8 Å². The Kier molecular flexibility index (Phi) is 7.52. The van der Waals surface area contributed by atoms with Crippen molar-refractivity contribution in [2.24, 2.45) is 9.98 Å². The highest BCUT2D eigenvalue weighted by atomic mass is 35.5. The van der Waals surface area contributed by atoms with Crippen LogP contribution in [0.4, 0.5) is 16.2 Å². The van der Waals surface area contributed by atoms with Crippen molar-refractivity contribution in [1.29, 1.82) is 0 Å². The van der Waals surface area contributed by atoms with Crippen LogP contribution in [0.25, 0.3) is 0 Å². The van der Waals surface area contributed by atoms with Crippen LogP contribution in [-0.2, 0) is 9.59 Å². The molecule has 88 valence electrons. The third kappa shape index (κ3) is 7.17.